The summed E-state index contributed by atoms with van der Waals surface area (Å²) in [5.41, 5.74) is -4.17. The highest BCUT2D eigenvalue weighted by atomic mass is 19.4. The van der Waals surface area contributed by atoms with Gasteiger partial charge in [0, 0.05) is 11.4 Å². The van der Waals surface area contributed by atoms with Crippen LogP contribution in [-0.4, -0.2) is 35.9 Å². The van der Waals surface area contributed by atoms with E-state index in [2.05, 4.69) is 9.72 Å². The Labute approximate surface area is 177 Å². The van der Waals surface area contributed by atoms with Crippen LogP contribution in [0.2, 0.25) is 0 Å². The Hall–Kier alpha value is -3.31. The zero-order valence-electron chi connectivity index (χ0n) is 17.0. The minimum Gasteiger partial charge on any atom is -0.462 e. The van der Waals surface area contributed by atoms with E-state index in [1.807, 2.05) is 0 Å². The number of H-pyrrole nitrogens is 1. The monoisotopic (exact) mass is 465 g/mol. The lowest BCUT2D eigenvalue weighted by Crippen LogP contribution is -2.19. The number of ketones is 1. The molecular weight excluding hydrogens is 448 g/mol. The van der Waals surface area contributed by atoms with Gasteiger partial charge >= 0.3 is 24.3 Å². The van der Waals surface area contributed by atoms with Crippen molar-refractivity contribution in [3.63, 3.8) is 0 Å². The number of Topliss-reactive ketones (excluding diaryl/α,β-unsaturated/α-hetero) is 1. The van der Waals surface area contributed by atoms with Crippen molar-refractivity contribution in [3.05, 3.63) is 57.4 Å². The van der Waals surface area contributed by atoms with Crippen LogP contribution < -0.4 is 0 Å². The fourth-order valence-electron chi connectivity index (χ4n) is 2.95. The van der Waals surface area contributed by atoms with Crippen LogP contribution in [0.3, 0.4) is 0 Å². The van der Waals surface area contributed by atoms with Crippen molar-refractivity contribution in [1.29, 1.82) is 0 Å². The zero-order chi connectivity index (χ0) is 24.4. The van der Waals surface area contributed by atoms with Crippen molar-refractivity contribution < 1.29 is 50.2 Å². The molecule has 0 radical (unpaired) electrons. The number of alkyl halides is 6. The van der Waals surface area contributed by atoms with Crippen molar-refractivity contribution in [2.24, 2.45) is 0 Å². The van der Waals surface area contributed by atoms with Gasteiger partial charge in [0.15, 0.2) is 6.61 Å². The minimum atomic E-state index is -5.15. The molecule has 0 bridgehead atoms. The SMILES string of the molecule is CCOC(=O)c1c(C)[nH]c(C)c1C(=O)COC(=O)c1cc(C(F)(F)F)cc(C(F)(F)F)c1. The molecule has 0 aliphatic rings. The largest absolute Gasteiger partial charge is 0.462 e. The molecule has 0 spiro atoms. The molecule has 0 aliphatic carbocycles. The number of aromatic amines is 1. The van der Waals surface area contributed by atoms with Gasteiger partial charge < -0.3 is 14.5 Å². The van der Waals surface area contributed by atoms with Crippen molar-refractivity contribution in [2.75, 3.05) is 13.2 Å². The number of carbonyl (C=O) groups is 3. The molecule has 0 aliphatic heterocycles. The first kappa shape index (κ1) is 25.0. The van der Waals surface area contributed by atoms with Crippen LogP contribution >= 0.6 is 0 Å². The highest BCUT2D eigenvalue weighted by Crippen LogP contribution is 2.36. The van der Waals surface area contributed by atoms with Gasteiger partial charge in [0.1, 0.15) is 0 Å². The van der Waals surface area contributed by atoms with Crippen LogP contribution in [0.15, 0.2) is 18.2 Å². The predicted octanol–water partition coefficient (Wildman–Crippen LogP) is 4.89. The molecule has 0 saturated carbocycles. The Bertz CT molecular complexity index is 1020. The summed E-state index contributed by atoms with van der Waals surface area (Å²) in [7, 11) is 0. The van der Waals surface area contributed by atoms with Crippen LogP contribution in [0.25, 0.3) is 0 Å². The molecule has 0 amide bonds. The van der Waals surface area contributed by atoms with Gasteiger partial charge in [-0.25, -0.2) is 9.59 Å². The average molecular weight is 465 g/mol. The molecule has 1 aromatic carbocycles. The number of hydrogen-bond donors (Lipinski definition) is 1. The van der Waals surface area contributed by atoms with E-state index in [1.165, 1.54) is 13.8 Å². The fraction of sp³-hybridized carbons (Fsp3) is 0.350. The summed E-state index contributed by atoms with van der Waals surface area (Å²) >= 11 is 0. The maximum absolute atomic E-state index is 12.9. The molecule has 0 unspecified atom stereocenters. The van der Waals surface area contributed by atoms with E-state index < -0.39 is 53.4 Å². The molecule has 32 heavy (non-hydrogen) atoms. The van der Waals surface area contributed by atoms with Crippen molar-refractivity contribution in [1.82, 2.24) is 4.98 Å². The number of benzene rings is 1. The highest BCUT2D eigenvalue weighted by Gasteiger charge is 2.38. The van der Waals surface area contributed by atoms with E-state index in [-0.39, 0.29) is 41.6 Å². The maximum atomic E-state index is 12.9. The van der Waals surface area contributed by atoms with E-state index in [1.54, 1.807) is 6.92 Å². The second-order valence-electron chi connectivity index (χ2n) is 6.64. The number of aromatic nitrogens is 1. The topological polar surface area (TPSA) is 85.5 Å². The summed E-state index contributed by atoms with van der Waals surface area (Å²) < 4.78 is 87.2. The molecular formula is C20H17F6NO5. The third kappa shape index (κ3) is 5.48. The second-order valence-corrected chi connectivity index (χ2v) is 6.64. The zero-order valence-corrected chi connectivity index (χ0v) is 17.0. The van der Waals surface area contributed by atoms with Crippen LogP contribution in [0.4, 0.5) is 26.3 Å². The second kappa shape index (κ2) is 9.05. The Kier molecular flexibility index (Phi) is 7.06. The quantitative estimate of drug-likeness (QED) is 0.373. The molecule has 1 heterocycles. The lowest BCUT2D eigenvalue weighted by molar-refractivity contribution is -0.143. The predicted molar refractivity (Wildman–Crippen MR) is 97.3 cm³/mol. The Morgan fingerprint density at radius 1 is 0.812 bits per heavy atom. The number of hydrogen-bond acceptors (Lipinski definition) is 5. The first-order valence-electron chi connectivity index (χ1n) is 9.02. The van der Waals surface area contributed by atoms with Gasteiger partial charge in [0.2, 0.25) is 5.78 Å². The van der Waals surface area contributed by atoms with Crippen LogP contribution in [0, 0.1) is 13.8 Å². The molecule has 2 rings (SSSR count). The molecule has 0 atom stereocenters. The number of esters is 2. The summed E-state index contributed by atoms with van der Waals surface area (Å²) in [4.78, 5) is 39.5. The van der Waals surface area contributed by atoms with Crippen LogP contribution in [0.1, 0.15) is 60.5 Å². The Balaban J connectivity index is 2.31. The summed E-state index contributed by atoms with van der Waals surface area (Å²) in [5.74, 6) is -3.29. The van der Waals surface area contributed by atoms with Gasteiger partial charge in [-0.15, -0.1) is 0 Å². The molecule has 174 valence electrons. The smallest absolute Gasteiger partial charge is 0.416 e. The summed E-state index contributed by atoms with van der Waals surface area (Å²) in [6.07, 6.45) is -10.3. The fourth-order valence-corrected chi connectivity index (χ4v) is 2.95. The normalized spacial score (nSPS) is 11.9. The van der Waals surface area contributed by atoms with E-state index >= 15 is 0 Å². The first-order valence-corrected chi connectivity index (χ1v) is 9.02. The summed E-state index contributed by atoms with van der Waals surface area (Å²) in [6.45, 7) is 3.47. The molecule has 6 nitrogen and oxygen atoms in total. The van der Waals surface area contributed by atoms with Gasteiger partial charge in [-0.2, -0.15) is 26.3 Å². The molecule has 12 heteroatoms. The number of halogens is 6. The van der Waals surface area contributed by atoms with Gasteiger partial charge in [-0.05, 0) is 39.0 Å². The third-order valence-electron chi connectivity index (χ3n) is 4.29. The molecule has 1 aromatic heterocycles. The molecule has 0 saturated heterocycles. The van der Waals surface area contributed by atoms with E-state index in [0.717, 1.165) is 0 Å². The van der Waals surface area contributed by atoms with E-state index in [4.69, 9.17) is 4.74 Å². The van der Waals surface area contributed by atoms with Crippen molar-refractivity contribution in [2.45, 2.75) is 33.1 Å². The number of ether oxygens (including phenoxy) is 2. The number of carbonyl (C=O) groups excluding carboxylic acids is 3. The molecule has 0 fully saturated rings. The first-order chi connectivity index (χ1) is 14.7. The standard InChI is InChI=1S/C20H17F6NO5/c1-4-31-18(30)16-10(3)27-9(2)15(16)14(28)8-32-17(29)11-5-12(19(21,22)23)7-13(6-11)20(24,25)26/h5-7,27H,4,8H2,1-3H3. The Morgan fingerprint density at radius 3 is 1.78 bits per heavy atom. The van der Waals surface area contributed by atoms with Gasteiger partial charge in [0.25, 0.3) is 0 Å². The van der Waals surface area contributed by atoms with Crippen LogP contribution in [0.5, 0.6) is 0 Å². The minimum absolute atomic E-state index is 0.0161. The summed E-state index contributed by atoms with van der Waals surface area (Å²) in [6, 6.07) is 0.245. The van der Waals surface area contributed by atoms with E-state index in [0.29, 0.717) is 5.69 Å². The van der Waals surface area contributed by atoms with E-state index in [9.17, 15) is 40.7 Å². The Morgan fingerprint density at radius 2 is 1.31 bits per heavy atom. The van der Waals surface area contributed by atoms with Crippen LogP contribution in [-0.2, 0) is 21.8 Å². The number of aryl methyl sites for hydroxylation is 2. The van der Waals surface area contributed by atoms with Gasteiger partial charge in [-0.3, -0.25) is 4.79 Å². The van der Waals surface area contributed by atoms with Crippen molar-refractivity contribution in [3.8, 4) is 0 Å². The lowest BCUT2D eigenvalue weighted by Gasteiger charge is -2.14. The molecule has 1 N–H and O–H groups in total. The lowest BCUT2D eigenvalue weighted by atomic mass is 10.0. The highest BCUT2D eigenvalue weighted by molar-refractivity contribution is 6.09. The van der Waals surface area contributed by atoms with Gasteiger partial charge in [0.05, 0.1) is 34.4 Å². The number of rotatable bonds is 6. The maximum Gasteiger partial charge on any atom is 0.416 e. The van der Waals surface area contributed by atoms with Gasteiger partial charge in [-0.1, -0.05) is 0 Å². The molecule has 2 aromatic rings. The average Bonchev–Trinajstić information content (AvgIpc) is 2.98. The summed E-state index contributed by atoms with van der Waals surface area (Å²) in [5, 5.41) is 0. The van der Waals surface area contributed by atoms with Crippen molar-refractivity contribution >= 4 is 17.7 Å². The third-order valence-corrected chi connectivity index (χ3v) is 4.29. The number of nitrogens with one attached hydrogen (secondary N) is 1.